The molecule has 1 aromatic heterocycles. The summed E-state index contributed by atoms with van der Waals surface area (Å²) in [5.74, 6) is 0.827. The molecule has 2 heterocycles. The van der Waals surface area contributed by atoms with Gasteiger partial charge >= 0.3 is 0 Å². The maximum absolute atomic E-state index is 12.7. The van der Waals surface area contributed by atoms with Crippen molar-refractivity contribution in [2.24, 2.45) is 0 Å². The van der Waals surface area contributed by atoms with E-state index in [-0.39, 0.29) is 18.1 Å². The fourth-order valence-corrected chi connectivity index (χ4v) is 2.94. The molecule has 1 aliphatic heterocycles. The first kappa shape index (κ1) is 15.3. The Balaban J connectivity index is 1.75. The first-order valence-corrected chi connectivity index (χ1v) is 7.52. The lowest BCUT2D eigenvalue weighted by Crippen LogP contribution is -2.33. The van der Waals surface area contributed by atoms with Gasteiger partial charge in [0.05, 0.1) is 30.2 Å². The van der Waals surface area contributed by atoms with Crippen LogP contribution in [0.2, 0.25) is 0 Å². The molecule has 6 heteroatoms. The van der Waals surface area contributed by atoms with E-state index in [1.807, 2.05) is 17.0 Å². The van der Waals surface area contributed by atoms with E-state index in [9.17, 15) is 4.79 Å². The normalized spacial score (nSPS) is 20.4. The fourth-order valence-electron chi connectivity index (χ4n) is 2.94. The summed E-state index contributed by atoms with van der Waals surface area (Å²) in [5.41, 5.74) is 1.49. The van der Waals surface area contributed by atoms with E-state index < -0.39 is 0 Å². The molecule has 1 amide bonds. The second-order valence-corrected chi connectivity index (χ2v) is 5.62. The van der Waals surface area contributed by atoms with E-state index in [0.29, 0.717) is 18.5 Å². The number of hydrogen-bond donors (Lipinski definition) is 1. The summed E-state index contributed by atoms with van der Waals surface area (Å²) in [5, 5.41) is 8.83. The minimum Gasteiger partial charge on any atom is -0.380 e. The third-order valence-corrected chi connectivity index (χ3v) is 4.19. The zero-order chi connectivity index (χ0) is 16.2. The Bertz CT molecular complexity index is 703. The number of amides is 1. The molecule has 0 aliphatic carbocycles. The number of nitriles is 1. The van der Waals surface area contributed by atoms with Gasteiger partial charge in [0, 0.05) is 32.5 Å². The predicted octanol–water partition coefficient (Wildman–Crippen LogP) is 1.81. The van der Waals surface area contributed by atoms with Crippen LogP contribution in [0.25, 0.3) is 0 Å². The number of imidazole rings is 1. The summed E-state index contributed by atoms with van der Waals surface area (Å²) in [6, 6.07) is 9.10. The largest absolute Gasteiger partial charge is 0.380 e. The lowest BCUT2D eigenvalue weighted by molar-refractivity contribution is -0.131. The summed E-state index contributed by atoms with van der Waals surface area (Å²) >= 11 is 0. The van der Waals surface area contributed by atoms with Crippen LogP contribution in [-0.4, -0.2) is 40.5 Å². The Labute approximate surface area is 134 Å². The summed E-state index contributed by atoms with van der Waals surface area (Å²) in [6.07, 6.45) is 4.52. The molecular formula is C17H18N4O2. The summed E-state index contributed by atoms with van der Waals surface area (Å²) in [4.78, 5) is 21.9. The molecule has 0 spiro atoms. The molecule has 118 valence electrons. The molecule has 23 heavy (non-hydrogen) atoms. The maximum Gasteiger partial charge on any atom is 0.227 e. The quantitative estimate of drug-likeness (QED) is 0.933. The zero-order valence-electron chi connectivity index (χ0n) is 12.9. The van der Waals surface area contributed by atoms with Gasteiger partial charge in [-0.2, -0.15) is 5.26 Å². The monoisotopic (exact) mass is 310 g/mol. The lowest BCUT2D eigenvalue weighted by atomic mass is 10.1. The van der Waals surface area contributed by atoms with Crippen molar-refractivity contribution in [1.29, 1.82) is 5.26 Å². The van der Waals surface area contributed by atoms with Crippen LogP contribution in [0.1, 0.15) is 29.4 Å². The summed E-state index contributed by atoms with van der Waals surface area (Å²) < 4.78 is 5.43. The van der Waals surface area contributed by atoms with Gasteiger partial charge in [-0.3, -0.25) is 4.79 Å². The highest BCUT2D eigenvalue weighted by molar-refractivity contribution is 5.79. The predicted molar refractivity (Wildman–Crippen MR) is 83.3 cm³/mol. The number of nitrogens with zero attached hydrogens (tertiary/aromatic N) is 3. The van der Waals surface area contributed by atoms with Gasteiger partial charge in [0.1, 0.15) is 5.82 Å². The Hall–Kier alpha value is -2.65. The van der Waals surface area contributed by atoms with Gasteiger partial charge in [-0.05, 0) is 17.7 Å². The molecule has 3 rings (SSSR count). The number of ether oxygens (including phenoxy) is 1. The average molecular weight is 310 g/mol. The van der Waals surface area contributed by atoms with Crippen LogP contribution in [0.3, 0.4) is 0 Å². The average Bonchev–Trinajstić information content (AvgIpc) is 3.24. The van der Waals surface area contributed by atoms with E-state index in [1.165, 1.54) is 0 Å². The first-order valence-electron chi connectivity index (χ1n) is 7.52. The van der Waals surface area contributed by atoms with Crippen molar-refractivity contribution in [3.05, 3.63) is 53.6 Å². The number of rotatable bonds is 4. The Morgan fingerprint density at radius 3 is 2.87 bits per heavy atom. The minimum atomic E-state index is -0.0826. The number of nitrogens with one attached hydrogen (secondary N) is 1. The van der Waals surface area contributed by atoms with Crippen molar-refractivity contribution in [3.8, 4) is 6.07 Å². The van der Waals surface area contributed by atoms with E-state index in [1.54, 1.807) is 31.6 Å². The van der Waals surface area contributed by atoms with E-state index in [0.717, 1.165) is 17.8 Å². The maximum atomic E-state index is 12.7. The minimum absolute atomic E-state index is 0.0232. The molecule has 6 nitrogen and oxygen atoms in total. The molecule has 1 aromatic carbocycles. The third-order valence-electron chi connectivity index (χ3n) is 4.19. The highest BCUT2D eigenvalue weighted by Crippen LogP contribution is 2.31. The fraction of sp³-hybridized carbons (Fsp3) is 0.353. The molecule has 0 radical (unpaired) electrons. The van der Waals surface area contributed by atoms with Crippen LogP contribution in [-0.2, 0) is 16.0 Å². The van der Waals surface area contributed by atoms with Crippen LogP contribution in [0.5, 0.6) is 0 Å². The van der Waals surface area contributed by atoms with Gasteiger partial charge in [-0.15, -0.1) is 0 Å². The Kier molecular flexibility index (Phi) is 4.40. The van der Waals surface area contributed by atoms with Crippen molar-refractivity contribution in [1.82, 2.24) is 14.9 Å². The van der Waals surface area contributed by atoms with Crippen molar-refractivity contribution < 1.29 is 9.53 Å². The highest BCUT2D eigenvalue weighted by atomic mass is 16.5. The van der Waals surface area contributed by atoms with Crippen molar-refractivity contribution in [3.63, 3.8) is 0 Å². The number of aromatic amines is 1. The van der Waals surface area contributed by atoms with Gasteiger partial charge in [0.15, 0.2) is 0 Å². The molecule has 1 fully saturated rings. The van der Waals surface area contributed by atoms with Gasteiger partial charge in [-0.1, -0.05) is 12.1 Å². The first-order chi connectivity index (χ1) is 11.2. The van der Waals surface area contributed by atoms with Crippen molar-refractivity contribution in [2.75, 3.05) is 13.7 Å². The van der Waals surface area contributed by atoms with Crippen molar-refractivity contribution >= 4 is 5.91 Å². The second-order valence-electron chi connectivity index (χ2n) is 5.62. The van der Waals surface area contributed by atoms with E-state index >= 15 is 0 Å². The number of likely N-dealkylation sites (tertiary alicyclic amines) is 1. The zero-order valence-corrected chi connectivity index (χ0v) is 12.9. The highest BCUT2D eigenvalue weighted by Gasteiger charge is 2.37. The number of hydrogen-bond acceptors (Lipinski definition) is 4. The molecule has 1 aliphatic rings. The van der Waals surface area contributed by atoms with Crippen LogP contribution in [0.4, 0.5) is 0 Å². The third kappa shape index (κ3) is 3.25. The number of aromatic nitrogens is 2. The lowest BCUT2D eigenvalue weighted by Gasteiger charge is -2.23. The van der Waals surface area contributed by atoms with Gasteiger partial charge in [0.25, 0.3) is 0 Å². The van der Waals surface area contributed by atoms with Gasteiger partial charge in [-0.25, -0.2) is 4.98 Å². The van der Waals surface area contributed by atoms with Gasteiger partial charge < -0.3 is 14.6 Å². The van der Waals surface area contributed by atoms with E-state index in [4.69, 9.17) is 10.00 Å². The Morgan fingerprint density at radius 2 is 2.26 bits per heavy atom. The number of methoxy groups -OCH3 is 1. The van der Waals surface area contributed by atoms with Crippen LogP contribution in [0, 0.1) is 11.3 Å². The molecule has 1 saturated heterocycles. The smallest absolute Gasteiger partial charge is 0.227 e. The summed E-state index contributed by atoms with van der Waals surface area (Å²) in [6.45, 7) is 0.566. The van der Waals surface area contributed by atoms with Crippen LogP contribution in [0.15, 0.2) is 36.7 Å². The van der Waals surface area contributed by atoms with Crippen molar-refractivity contribution in [2.45, 2.75) is 25.0 Å². The number of carbonyl (C=O) groups excluding carboxylic acids is 1. The van der Waals surface area contributed by atoms with E-state index in [2.05, 4.69) is 16.0 Å². The van der Waals surface area contributed by atoms with Gasteiger partial charge in [0.2, 0.25) is 5.91 Å². The molecule has 0 bridgehead atoms. The molecule has 1 N–H and O–H groups in total. The molecule has 2 atom stereocenters. The topological polar surface area (TPSA) is 82.0 Å². The number of benzene rings is 1. The molecule has 0 saturated carbocycles. The van der Waals surface area contributed by atoms with Crippen LogP contribution >= 0.6 is 0 Å². The molecule has 1 unspecified atom stereocenters. The number of carbonyl (C=O) groups is 1. The standard InChI is InChI=1S/C17H18N4O2/c1-23-14-9-15(17-19-6-7-20-17)21(11-14)16(22)8-12-2-4-13(10-18)5-3-12/h2-7,14-15H,8-9,11H2,1H3,(H,19,20)/t14-,15?/m1/s1. The number of H-pyrrole nitrogens is 1. The SMILES string of the molecule is CO[C@@H]1CC(c2ncc[nH]2)N(C(=O)Cc2ccc(C#N)cc2)C1. The Morgan fingerprint density at radius 1 is 1.48 bits per heavy atom. The van der Waals surface area contributed by atoms with Crippen LogP contribution < -0.4 is 0 Å². The summed E-state index contributed by atoms with van der Waals surface area (Å²) in [7, 11) is 1.67. The second kappa shape index (κ2) is 6.63. The molecule has 2 aromatic rings. The molecular weight excluding hydrogens is 292 g/mol.